The number of amides is 2. The Balaban J connectivity index is 1.92. The van der Waals surface area contributed by atoms with Crippen LogP contribution in [0, 0.1) is 5.92 Å². The lowest BCUT2D eigenvalue weighted by molar-refractivity contribution is -0.134. The van der Waals surface area contributed by atoms with Crippen LogP contribution in [0.25, 0.3) is 0 Å². The van der Waals surface area contributed by atoms with Crippen LogP contribution >= 0.6 is 0 Å². The zero-order chi connectivity index (χ0) is 10.8. The molecular formula is C10H16N2O3. The molecule has 2 atom stereocenters. The number of nitrogens with one attached hydrogen (secondary N) is 1. The van der Waals surface area contributed by atoms with Crippen LogP contribution in [0.4, 0.5) is 4.79 Å². The molecule has 15 heavy (non-hydrogen) atoms. The van der Waals surface area contributed by atoms with E-state index < -0.39 is 12.1 Å². The highest BCUT2D eigenvalue weighted by molar-refractivity contribution is 5.87. The highest BCUT2D eigenvalue weighted by atomic mass is 16.6. The summed E-state index contributed by atoms with van der Waals surface area (Å²) in [6.07, 6.45) is 1.74. The maximum atomic E-state index is 11.9. The van der Waals surface area contributed by atoms with E-state index in [9.17, 15) is 9.59 Å². The molecule has 2 saturated heterocycles. The zero-order valence-corrected chi connectivity index (χ0v) is 8.86. The van der Waals surface area contributed by atoms with Crippen molar-refractivity contribution in [1.29, 1.82) is 0 Å². The molecule has 0 spiro atoms. The quantitative estimate of drug-likeness (QED) is 0.682. The lowest BCUT2D eigenvalue weighted by atomic mass is 10.00. The molecule has 84 valence electrons. The number of nitrogens with zero attached hydrogens (tertiary/aromatic N) is 1. The molecule has 2 rings (SSSR count). The van der Waals surface area contributed by atoms with Crippen LogP contribution in [0.1, 0.15) is 19.8 Å². The summed E-state index contributed by atoms with van der Waals surface area (Å²) in [5.41, 5.74) is 0. The average Bonchev–Trinajstić information content (AvgIpc) is 2.64. The largest absolute Gasteiger partial charge is 0.447 e. The van der Waals surface area contributed by atoms with E-state index in [1.54, 1.807) is 0 Å². The first-order valence-corrected chi connectivity index (χ1v) is 5.39. The number of piperidine rings is 1. The summed E-state index contributed by atoms with van der Waals surface area (Å²) < 4.78 is 4.71. The highest BCUT2D eigenvalue weighted by Crippen LogP contribution is 2.16. The van der Waals surface area contributed by atoms with Gasteiger partial charge in [-0.2, -0.15) is 0 Å². The molecule has 2 amide bonds. The van der Waals surface area contributed by atoms with Gasteiger partial charge in [0, 0.05) is 13.1 Å². The molecule has 0 aliphatic carbocycles. The summed E-state index contributed by atoms with van der Waals surface area (Å²) in [6, 6.07) is -0.470. The first kappa shape index (κ1) is 10.3. The van der Waals surface area contributed by atoms with Crippen LogP contribution in [0.15, 0.2) is 0 Å². The topological polar surface area (TPSA) is 58.6 Å². The SMILES string of the molecule is CC1CCCN(C(=O)C2COC(=O)N2)C1. The molecule has 0 radical (unpaired) electrons. The van der Waals surface area contributed by atoms with E-state index in [1.807, 2.05) is 4.90 Å². The maximum Gasteiger partial charge on any atom is 0.407 e. The van der Waals surface area contributed by atoms with Gasteiger partial charge in [0.25, 0.3) is 0 Å². The fourth-order valence-electron chi connectivity index (χ4n) is 2.13. The number of hydrogen-bond donors (Lipinski definition) is 1. The van der Waals surface area contributed by atoms with Gasteiger partial charge in [-0.3, -0.25) is 4.79 Å². The molecule has 2 heterocycles. The van der Waals surface area contributed by atoms with Crippen LogP contribution < -0.4 is 5.32 Å². The van der Waals surface area contributed by atoms with Crippen molar-refractivity contribution >= 4 is 12.0 Å². The number of rotatable bonds is 1. The second-order valence-electron chi connectivity index (χ2n) is 4.33. The number of alkyl carbamates (subject to hydrolysis) is 1. The Morgan fingerprint density at radius 3 is 3.00 bits per heavy atom. The van der Waals surface area contributed by atoms with E-state index >= 15 is 0 Å². The van der Waals surface area contributed by atoms with Crippen molar-refractivity contribution in [1.82, 2.24) is 10.2 Å². The summed E-state index contributed by atoms with van der Waals surface area (Å²) >= 11 is 0. The normalized spacial score (nSPS) is 31.0. The van der Waals surface area contributed by atoms with Gasteiger partial charge in [-0.15, -0.1) is 0 Å². The first-order chi connectivity index (χ1) is 7.16. The summed E-state index contributed by atoms with van der Waals surface area (Å²) in [5, 5.41) is 2.51. The van der Waals surface area contributed by atoms with E-state index in [0.717, 1.165) is 19.5 Å². The van der Waals surface area contributed by atoms with Crippen LogP contribution in [-0.4, -0.2) is 42.6 Å². The van der Waals surface area contributed by atoms with Crippen molar-refractivity contribution < 1.29 is 14.3 Å². The standard InChI is InChI=1S/C10H16N2O3/c1-7-3-2-4-12(5-7)9(13)8-6-15-10(14)11-8/h7-8H,2-6H2,1H3,(H,11,14). The third-order valence-corrected chi connectivity index (χ3v) is 2.94. The Labute approximate surface area is 88.8 Å². The molecule has 0 bridgehead atoms. The van der Waals surface area contributed by atoms with Crippen molar-refractivity contribution in [3.63, 3.8) is 0 Å². The molecule has 2 fully saturated rings. The molecule has 2 aliphatic heterocycles. The third kappa shape index (κ3) is 2.22. The van der Waals surface area contributed by atoms with Crippen LogP contribution in [-0.2, 0) is 9.53 Å². The van der Waals surface area contributed by atoms with Crippen molar-refractivity contribution in [2.75, 3.05) is 19.7 Å². The Morgan fingerprint density at radius 2 is 2.40 bits per heavy atom. The molecular weight excluding hydrogens is 196 g/mol. The Bertz CT molecular complexity index is 280. The van der Waals surface area contributed by atoms with Gasteiger partial charge in [-0.1, -0.05) is 6.92 Å². The van der Waals surface area contributed by atoms with Crippen LogP contribution in [0.2, 0.25) is 0 Å². The van der Waals surface area contributed by atoms with Crippen molar-refractivity contribution in [2.45, 2.75) is 25.8 Å². The number of ether oxygens (including phenoxy) is 1. The molecule has 2 aliphatic rings. The first-order valence-electron chi connectivity index (χ1n) is 5.39. The minimum absolute atomic E-state index is 0.00704. The Hall–Kier alpha value is -1.26. The monoisotopic (exact) mass is 212 g/mol. The molecule has 1 N–H and O–H groups in total. The van der Waals surface area contributed by atoms with Gasteiger partial charge in [0.1, 0.15) is 12.6 Å². The average molecular weight is 212 g/mol. The van der Waals surface area contributed by atoms with Gasteiger partial charge in [-0.25, -0.2) is 4.79 Å². The van der Waals surface area contributed by atoms with E-state index in [1.165, 1.54) is 6.42 Å². The summed E-state index contributed by atoms with van der Waals surface area (Å²) in [5.74, 6) is 0.549. The highest BCUT2D eigenvalue weighted by Gasteiger charge is 2.33. The number of likely N-dealkylation sites (tertiary alicyclic amines) is 1. The lowest BCUT2D eigenvalue weighted by Gasteiger charge is -2.32. The summed E-state index contributed by atoms with van der Waals surface area (Å²) in [4.78, 5) is 24.6. The van der Waals surface area contributed by atoms with Gasteiger partial charge < -0.3 is 15.0 Å². The van der Waals surface area contributed by atoms with Gasteiger partial charge in [0.2, 0.25) is 5.91 Å². The molecule has 5 nitrogen and oxygen atoms in total. The number of carbonyl (C=O) groups excluding carboxylic acids is 2. The maximum absolute atomic E-state index is 11.9. The second kappa shape index (κ2) is 4.08. The van der Waals surface area contributed by atoms with Crippen molar-refractivity contribution in [3.8, 4) is 0 Å². The van der Waals surface area contributed by atoms with Gasteiger partial charge in [-0.05, 0) is 18.8 Å². The van der Waals surface area contributed by atoms with Gasteiger partial charge >= 0.3 is 6.09 Å². The molecule has 0 saturated carbocycles. The van der Waals surface area contributed by atoms with Gasteiger partial charge in [0.15, 0.2) is 0 Å². The van der Waals surface area contributed by atoms with Crippen LogP contribution in [0.5, 0.6) is 0 Å². The molecule has 2 unspecified atom stereocenters. The van der Waals surface area contributed by atoms with Gasteiger partial charge in [0.05, 0.1) is 0 Å². The second-order valence-corrected chi connectivity index (χ2v) is 4.33. The van der Waals surface area contributed by atoms with E-state index in [2.05, 4.69) is 12.2 Å². The smallest absolute Gasteiger partial charge is 0.407 e. The molecule has 5 heteroatoms. The summed E-state index contributed by atoms with van der Waals surface area (Å²) in [6.45, 7) is 3.91. The number of hydrogen-bond acceptors (Lipinski definition) is 3. The third-order valence-electron chi connectivity index (χ3n) is 2.94. The predicted octanol–water partition coefficient (Wildman–Crippen LogP) is 0.353. The number of cyclic esters (lactones) is 1. The zero-order valence-electron chi connectivity index (χ0n) is 8.86. The Morgan fingerprint density at radius 1 is 1.60 bits per heavy atom. The molecule has 0 aromatic heterocycles. The molecule has 0 aromatic rings. The predicted molar refractivity (Wildman–Crippen MR) is 53.2 cm³/mol. The van der Waals surface area contributed by atoms with Crippen molar-refractivity contribution in [3.05, 3.63) is 0 Å². The fraction of sp³-hybridized carbons (Fsp3) is 0.800. The lowest BCUT2D eigenvalue weighted by Crippen LogP contribution is -2.48. The van der Waals surface area contributed by atoms with E-state index in [4.69, 9.17) is 4.74 Å². The number of carbonyl (C=O) groups is 2. The van der Waals surface area contributed by atoms with E-state index in [-0.39, 0.29) is 12.5 Å². The minimum Gasteiger partial charge on any atom is -0.447 e. The fourth-order valence-corrected chi connectivity index (χ4v) is 2.13. The Kier molecular flexibility index (Phi) is 2.79. The minimum atomic E-state index is -0.488. The van der Waals surface area contributed by atoms with Crippen LogP contribution in [0.3, 0.4) is 0 Å². The van der Waals surface area contributed by atoms with Crippen molar-refractivity contribution in [2.24, 2.45) is 5.92 Å². The summed E-state index contributed by atoms with van der Waals surface area (Å²) in [7, 11) is 0. The van der Waals surface area contributed by atoms with E-state index in [0.29, 0.717) is 5.92 Å². The molecule has 0 aromatic carbocycles.